The summed E-state index contributed by atoms with van der Waals surface area (Å²) >= 11 is 0. The summed E-state index contributed by atoms with van der Waals surface area (Å²) in [5, 5.41) is 26.4. The van der Waals surface area contributed by atoms with E-state index in [4.69, 9.17) is 20.1 Å². The summed E-state index contributed by atoms with van der Waals surface area (Å²) in [6, 6.07) is 0. The number of hydrogen-bond donors (Lipinski definition) is 3. The summed E-state index contributed by atoms with van der Waals surface area (Å²) < 4.78 is 5.47. The highest BCUT2D eigenvalue weighted by Gasteiger charge is 2.07. The number of ether oxygens (including phenoxy) is 1. The number of methoxy groups -OCH3 is 1. The fraction of sp³-hybridized carbons (Fsp3) is 0.444. The molecule has 0 fully saturated rings. The molecule has 0 aliphatic carbocycles. The first kappa shape index (κ1) is 30.8. The first-order chi connectivity index (χ1) is 16.2. The highest BCUT2D eigenvalue weighted by atomic mass is 16.5. The van der Waals surface area contributed by atoms with Gasteiger partial charge in [-0.3, -0.25) is 4.79 Å². The SMILES string of the molecule is CO[C@H](C/C=C\C=C\CCCCCC/C=C/C(=C\C(=O)O)CC(=O)O)/C(C)=C\C=C(/C)C(=O)O. The first-order valence-corrected chi connectivity index (χ1v) is 11.4. The Morgan fingerprint density at radius 2 is 1.47 bits per heavy atom. The molecule has 0 radical (unpaired) electrons. The third-order valence-electron chi connectivity index (χ3n) is 4.95. The molecule has 0 heterocycles. The van der Waals surface area contributed by atoms with E-state index < -0.39 is 17.9 Å². The Balaban J connectivity index is 4.13. The van der Waals surface area contributed by atoms with Crippen molar-refractivity contribution in [3.8, 4) is 0 Å². The van der Waals surface area contributed by atoms with Crippen molar-refractivity contribution in [1.82, 2.24) is 0 Å². The van der Waals surface area contributed by atoms with Gasteiger partial charge in [-0.05, 0) is 57.1 Å². The molecule has 0 unspecified atom stereocenters. The average Bonchev–Trinajstić information content (AvgIpc) is 2.76. The fourth-order valence-electron chi connectivity index (χ4n) is 2.96. The van der Waals surface area contributed by atoms with Crippen LogP contribution in [0.1, 0.15) is 65.2 Å². The second-order valence-corrected chi connectivity index (χ2v) is 7.90. The molecule has 0 bridgehead atoms. The summed E-state index contributed by atoms with van der Waals surface area (Å²) in [6.07, 6.45) is 22.1. The molecule has 0 aromatic heterocycles. The average molecular weight is 475 g/mol. The van der Waals surface area contributed by atoms with Gasteiger partial charge in [0.2, 0.25) is 0 Å². The van der Waals surface area contributed by atoms with E-state index in [-0.39, 0.29) is 23.7 Å². The van der Waals surface area contributed by atoms with E-state index in [1.54, 1.807) is 32.3 Å². The minimum atomic E-state index is -1.14. The Morgan fingerprint density at radius 3 is 2.03 bits per heavy atom. The van der Waals surface area contributed by atoms with Crippen LogP contribution < -0.4 is 0 Å². The largest absolute Gasteiger partial charge is 0.481 e. The molecule has 0 rings (SSSR count). The van der Waals surface area contributed by atoms with E-state index in [0.717, 1.165) is 50.2 Å². The van der Waals surface area contributed by atoms with Gasteiger partial charge in [-0.1, -0.05) is 61.4 Å². The fourth-order valence-corrected chi connectivity index (χ4v) is 2.96. The summed E-state index contributed by atoms with van der Waals surface area (Å²) in [5.41, 5.74) is 1.52. The van der Waals surface area contributed by atoms with Crippen molar-refractivity contribution >= 4 is 17.9 Å². The molecule has 7 nitrogen and oxygen atoms in total. The Hall–Kier alpha value is -3.19. The van der Waals surface area contributed by atoms with E-state index >= 15 is 0 Å². The van der Waals surface area contributed by atoms with Gasteiger partial charge in [0, 0.05) is 18.8 Å². The number of rotatable bonds is 18. The maximum atomic E-state index is 10.8. The smallest absolute Gasteiger partial charge is 0.331 e. The van der Waals surface area contributed by atoms with Gasteiger partial charge in [0.25, 0.3) is 0 Å². The number of carbonyl (C=O) groups is 3. The molecule has 7 heteroatoms. The number of aliphatic carboxylic acids is 3. The molecule has 0 aliphatic rings. The van der Waals surface area contributed by atoms with Crippen molar-refractivity contribution in [3.05, 3.63) is 71.4 Å². The van der Waals surface area contributed by atoms with Crippen molar-refractivity contribution in [2.24, 2.45) is 0 Å². The Morgan fingerprint density at radius 1 is 0.853 bits per heavy atom. The Labute approximate surface area is 202 Å². The van der Waals surface area contributed by atoms with E-state index in [9.17, 15) is 14.4 Å². The summed E-state index contributed by atoms with van der Waals surface area (Å²) in [4.78, 5) is 32.3. The van der Waals surface area contributed by atoms with Gasteiger partial charge in [0.05, 0.1) is 12.5 Å². The quantitative estimate of drug-likeness (QED) is 0.129. The number of carboxylic acids is 3. The minimum absolute atomic E-state index is 0.101. The van der Waals surface area contributed by atoms with Crippen LogP contribution in [0, 0.1) is 0 Å². The van der Waals surface area contributed by atoms with Crippen molar-refractivity contribution in [1.29, 1.82) is 0 Å². The van der Waals surface area contributed by atoms with Crippen LogP contribution in [0.15, 0.2) is 71.4 Å². The normalized spacial score (nSPS) is 14.4. The van der Waals surface area contributed by atoms with Crippen LogP contribution in [-0.2, 0) is 19.1 Å². The van der Waals surface area contributed by atoms with Gasteiger partial charge in [-0.2, -0.15) is 0 Å². The zero-order valence-corrected chi connectivity index (χ0v) is 20.4. The summed E-state index contributed by atoms with van der Waals surface area (Å²) in [7, 11) is 1.64. The second-order valence-electron chi connectivity index (χ2n) is 7.90. The molecule has 188 valence electrons. The molecule has 0 aromatic carbocycles. The zero-order chi connectivity index (χ0) is 25.8. The standard InChI is InChI=1S/C27H38O7/c1-21(17-18-22(2)27(32)33)24(34-3)16-14-12-10-8-6-4-5-7-9-11-13-15-23(19-25(28)29)20-26(30)31/h8,10,12-15,17-19,24H,4-7,9,11,16,20H2,1-3H3,(H,28,29)(H,30,31)(H,32,33)/b10-8+,14-12-,15-13+,21-17-,22-18+,23-19+/t24-/m1/s1. The molecule has 0 saturated heterocycles. The molecule has 0 saturated carbocycles. The predicted molar refractivity (Wildman–Crippen MR) is 134 cm³/mol. The molecule has 0 amide bonds. The molecule has 0 aliphatic heterocycles. The lowest BCUT2D eigenvalue weighted by molar-refractivity contribution is -0.136. The second kappa shape index (κ2) is 19.3. The topological polar surface area (TPSA) is 121 Å². The van der Waals surface area contributed by atoms with Gasteiger partial charge in [-0.15, -0.1) is 0 Å². The van der Waals surface area contributed by atoms with E-state index in [2.05, 4.69) is 6.08 Å². The highest BCUT2D eigenvalue weighted by Crippen LogP contribution is 2.12. The number of hydrogen-bond acceptors (Lipinski definition) is 4. The third-order valence-corrected chi connectivity index (χ3v) is 4.95. The van der Waals surface area contributed by atoms with Gasteiger partial charge >= 0.3 is 17.9 Å². The third kappa shape index (κ3) is 17.4. The van der Waals surface area contributed by atoms with Crippen molar-refractivity contribution in [2.75, 3.05) is 7.11 Å². The predicted octanol–water partition coefficient (Wildman–Crippen LogP) is 5.86. The van der Waals surface area contributed by atoms with Crippen LogP contribution in [0.25, 0.3) is 0 Å². The summed E-state index contributed by atoms with van der Waals surface area (Å²) in [6.45, 7) is 3.47. The molecule has 3 N–H and O–H groups in total. The molecule has 0 aromatic rings. The minimum Gasteiger partial charge on any atom is -0.481 e. The van der Waals surface area contributed by atoms with E-state index in [1.807, 2.05) is 31.2 Å². The van der Waals surface area contributed by atoms with Crippen LogP contribution >= 0.6 is 0 Å². The van der Waals surface area contributed by atoms with Gasteiger partial charge in [-0.25, -0.2) is 9.59 Å². The molecule has 34 heavy (non-hydrogen) atoms. The van der Waals surface area contributed by atoms with Crippen molar-refractivity contribution in [2.45, 2.75) is 71.3 Å². The van der Waals surface area contributed by atoms with Crippen molar-refractivity contribution in [3.63, 3.8) is 0 Å². The number of allylic oxidation sites excluding steroid dienone is 7. The lowest BCUT2D eigenvalue weighted by Gasteiger charge is -2.13. The summed E-state index contributed by atoms with van der Waals surface area (Å²) in [5.74, 6) is -3.13. The highest BCUT2D eigenvalue weighted by molar-refractivity contribution is 5.86. The van der Waals surface area contributed by atoms with Crippen LogP contribution in [0.4, 0.5) is 0 Å². The van der Waals surface area contributed by atoms with Crippen LogP contribution in [0.5, 0.6) is 0 Å². The van der Waals surface area contributed by atoms with Crippen LogP contribution in [0.2, 0.25) is 0 Å². The van der Waals surface area contributed by atoms with E-state index in [1.165, 1.54) is 0 Å². The van der Waals surface area contributed by atoms with Crippen LogP contribution in [-0.4, -0.2) is 46.4 Å². The van der Waals surface area contributed by atoms with Crippen LogP contribution in [0.3, 0.4) is 0 Å². The molecule has 0 spiro atoms. The number of unbranched alkanes of at least 4 members (excludes halogenated alkanes) is 5. The van der Waals surface area contributed by atoms with E-state index in [0.29, 0.717) is 6.42 Å². The first-order valence-electron chi connectivity index (χ1n) is 11.4. The lowest BCUT2D eigenvalue weighted by Crippen LogP contribution is -2.10. The van der Waals surface area contributed by atoms with Gasteiger partial charge < -0.3 is 20.1 Å². The maximum absolute atomic E-state index is 10.8. The lowest BCUT2D eigenvalue weighted by atomic mass is 10.1. The molecule has 1 atom stereocenters. The molecular formula is C27H38O7. The monoisotopic (exact) mass is 474 g/mol. The maximum Gasteiger partial charge on any atom is 0.331 e. The Bertz CT molecular complexity index is 826. The Kier molecular flexibility index (Phi) is 17.5. The number of carboxylic acid groups (broad SMARTS) is 3. The van der Waals surface area contributed by atoms with Gasteiger partial charge in [0.1, 0.15) is 0 Å². The zero-order valence-electron chi connectivity index (χ0n) is 20.4. The molecular weight excluding hydrogens is 436 g/mol. The van der Waals surface area contributed by atoms with Crippen molar-refractivity contribution < 1.29 is 34.4 Å². The van der Waals surface area contributed by atoms with Gasteiger partial charge in [0.15, 0.2) is 0 Å².